The van der Waals surface area contributed by atoms with E-state index in [1.807, 2.05) is 38.1 Å². The number of imidazole rings is 1. The van der Waals surface area contributed by atoms with Gasteiger partial charge in [0.15, 0.2) is 0 Å². The van der Waals surface area contributed by atoms with Crippen LogP contribution >= 0.6 is 0 Å². The molecule has 0 bridgehead atoms. The predicted octanol–water partition coefficient (Wildman–Crippen LogP) is 3.76. The van der Waals surface area contributed by atoms with Crippen LogP contribution in [0.25, 0.3) is 17.1 Å². The van der Waals surface area contributed by atoms with E-state index in [1.54, 1.807) is 42.3 Å². The molecular formula is C24H30N4O3S. The second-order valence-electron chi connectivity index (χ2n) is 7.45. The van der Waals surface area contributed by atoms with Crippen LogP contribution in [0.1, 0.15) is 32.2 Å². The van der Waals surface area contributed by atoms with Gasteiger partial charge in [0, 0.05) is 32.8 Å². The number of aryl methyl sites for hydroxylation is 1. The molecule has 170 valence electrons. The number of rotatable bonds is 9. The fourth-order valence-electron chi connectivity index (χ4n) is 3.65. The zero-order valence-corrected chi connectivity index (χ0v) is 19.8. The van der Waals surface area contributed by atoms with Crippen molar-refractivity contribution in [1.29, 1.82) is 0 Å². The topological polar surface area (TPSA) is 75.5 Å². The molecule has 2 aromatic carbocycles. The Morgan fingerprint density at radius 3 is 2.31 bits per heavy atom. The monoisotopic (exact) mass is 454 g/mol. The molecule has 7 nitrogen and oxygen atoms in total. The fraction of sp³-hybridized carbons (Fsp3) is 0.333. The van der Waals surface area contributed by atoms with Gasteiger partial charge in [-0.1, -0.05) is 38.1 Å². The van der Waals surface area contributed by atoms with Crippen LogP contribution in [0.5, 0.6) is 0 Å². The molecule has 0 aliphatic heterocycles. The van der Waals surface area contributed by atoms with Gasteiger partial charge in [-0.2, -0.15) is 4.31 Å². The van der Waals surface area contributed by atoms with Gasteiger partial charge in [-0.3, -0.25) is 4.79 Å². The van der Waals surface area contributed by atoms with Gasteiger partial charge in [-0.25, -0.2) is 13.4 Å². The van der Waals surface area contributed by atoms with Crippen LogP contribution in [0.3, 0.4) is 0 Å². The van der Waals surface area contributed by atoms with Gasteiger partial charge in [0.05, 0.1) is 22.5 Å². The van der Waals surface area contributed by atoms with Crippen molar-refractivity contribution in [2.24, 2.45) is 0 Å². The first kappa shape index (κ1) is 23.7. The van der Waals surface area contributed by atoms with Crippen LogP contribution in [0.15, 0.2) is 59.5 Å². The van der Waals surface area contributed by atoms with Gasteiger partial charge in [0.25, 0.3) is 0 Å². The molecule has 0 spiro atoms. The first-order valence-electron chi connectivity index (χ1n) is 10.8. The first-order chi connectivity index (χ1) is 15.3. The van der Waals surface area contributed by atoms with Crippen molar-refractivity contribution < 1.29 is 13.2 Å². The number of fused-ring (bicyclic) bond motifs is 1. The minimum Gasteiger partial charge on any atom is -0.335 e. The predicted molar refractivity (Wildman–Crippen MR) is 127 cm³/mol. The zero-order chi connectivity index (χ0) is 23.3. The van der Waals surface area contributed by atoms with E-state index < -0.39 is 10.0 Å². The molecule has 3 rings (SSSR count). The third-order valence-corrected chi connectivity index (χ3v) is 7.51. The van der Waals surface area contributed by atoms with E-state index in [4.69, 9.17) is 0 Å². The van der Waals surface area contributed by atoms with E-state index >= 15 is 0 Å². The molecule has 1 amide bonds. The molecule has 0 fully saturated rings. The van der Waals surface area contributed by atoms with Gasteiger partial charge in [0.2, 0.25) is 15.9 Å². The van der Waals surface area contributed by atoms with E-state index in [0.29, 0.717) is 19.6 Å². The summed E-state index contributed by atoms with van der Waals surface area (Å²) in [5, 5.41) is 0. The number of likely N-dealkylation sites (N-methyl/N-ethyl adjacent to an activating group) is 1. The molecule has 0 atom stereocenters. The molecule has 0 radical (unpaired) electrons. The number of hydrogen-bond donors (Lipinski definition) is 0. The third kappa shape index (κ3) is 4.92. The molecule has 1 heterocycles. The van der Waals surface area contributed by atoms with E-state index in [9.17, 15) is 13.2 Å². The second-order valence-corrected chi connectivity index (χ2v) is 9.38. The highest BCUT2D eigenvalue weighted by Gasteiger charge is 2.21. The Hall–Kier alpha value is -2.97. The largest absolute Gasteiger partial charge is 0.335 e. The van der Waals surface area contributed by atoms with Crippen LogP contribution in [0, 0.1) is 0 Å². The van der Waals surface area contributed by atoms with Crippen LogP contribution in [-0.2, 0) is 27.9 Å². The summed E-state index contributed by atoms with van der Waals surface area (Å²) in [6.45, 7) is 7.71. The minimum absolute atomic E-state index is 0.153. The lowest BCUT2D eigenvalue weighted by Gasteiger charge is -2.18. The summed E-state index contributed by atoms with van der Waals surface area (Å²) in [7, 11) is -1.75. The Morgan fingerprint density at radius 1 is 1.03 bits per heavy atom. The molecule has 0 aliphatic carbocycles. The molecule has 0 aliphatic rings. The van der Waals surface area contributed by atoms with Crippen molar-refractivity contribution in [2.75, 3.05) is 20.1 Å². The van der Waals surface area contributed by atoms with Crippen LogP contribution < -0.4 is 0 Å². The quantitative estimate of drug-likeness (QED) is 0.462. The summed E-state index contributed by atoms with van der Waals surface area (Å²) in [5.41, 5.74) is 2.73. The summed E-state index contributed by atoms with van der Waals surface area (Å²) in [6, 6.07) is 14.5. The Kier molecular flexibility index (Phi) is 7.48. The van der Waals surface area contributed by atoms with Crippen LogP contribution in [-0.4, -0.2) is 53.2 Å². The molecular weight excluding hydrogens is 424 g/mol. The molecule has 0 saturated heterocycles. The SMILES string of the molecule is CCN(CC)S(=O)(=O)c1ccc(/C=C/C(=O)N(C)Cc2nc3ccccc3n2CC)cc1. The molecule has 0 N–H and O–H groups in total. The lowest BCUT2D eigenvalue weighted by atomic mass is 10.2. The lowest BCUT2D eigenvalue weighted by molar-refractivity contribution is -0.125. The van der Waals surface area contributed by atoms with E-state index in [1.165, 1.54) is 10.4 Å². The summed E-state index contributed by atoms with van der Waals surface area (Å²) in [4.78, 5) is 19.2. The number of aromatic nitrogens is 2. The number of hydrogen-bond acceptors (Lipinski definition) is 4. The van der Waals surface area contributed by atoms with Crippen molar-refractivity contribution >= 4 is 33.0 Å². The standard InChI is InChI=1S/C24H30N4O3S/c1-5-27(6-2)32(30,31)20-15-12-19(13-16-20)14-17-24(29)26(4)18-23-25-21-10-8-9-11-22(21)28(23)7-3/h8-17H,5-7,18H2,1-4H3/b17-14+. The molecule has 8 heteroatoms. The van der Waals surface area contributed by atoms with E-state index in [2.05, 4.69) is 16.5 Å². The second kappa shape index (κ2) is 10.1. The first-order valence-corrected chi connectivity index (χ1v) is 12.2. The van der Waals surface area contributed by atoms with Crippen molar-refractivity contribution in [3.63, 3.8) is 0 Å². The van der Waals surface area contributed by atoms with Gasteiger partial charge in [0.1, 0.15) is 5.82 Å². The van der Waals surface area contributed by atoms with Crippen molar-refractivity contribution in [2.45, 2.75) is 38.8 Å². The lowest BCUT2D eigenvalue weighted by Crippen LogP contribution is -2.30. The van der Waals surface area contributed by atoms with Gasteiger partial charge < -0.3 is 9.47 Å². The highest BCUT2D eigenvalue weighted by molar-refractivity contribution is 7.89. The maximum atomic E-state index is 12.6. The van der Waals surface area contributed by atoms with Crippen LogP contribution in [0.4, 0.5) is 0 Å². The average Bonchev–Trinajstić information content (AvgIpc) is 3.15. The Morgan fingerprint density at radius 2 is 1.69 bits per heavy atom. The maximum absolute atomic E-state index is 12.6. The number of sulfonamides is 1. The van der Waals surface area contributed by atoms with Crippen molar-refractivity contribution in [3.8, 4) is 0 Å². The number of benzene rings is 2. The fourth-order valence-corrected chi connectivity index (χ4v) is 5.11. The number of amides is 1. The Balaban J connectivity index is 1.70. The minimum atomic E-state index is -3.49. The Labute approximate surface area is 190 Å². The highest BCUT2D eigenvalue weighted by atomic mass is 32.2. The van der Waals surface area contributed by atoms with E-state index in [0.717, 1.165) is 29.0 Å². The van der Waals surface area contributed by atoms with Crippen molar-refractivity contribution in [1.82, 2.24) is 18.8 Å². The highest BCUT2D eigenvalue weighted by Crippen LogP contribution is 2.18. The molecule has 3 aromatic rings. The summed E-state index contributed by atoms with van der Waals surface area (Å²) in [6.07, 6.45) is 3.18. The zero-order valence-electron chi connectivity index (χ0n) is 19.0. The van der Waals surface area contributed by atoms with Crippen LogP contribution in [0.2, 0.25) is 0 Å². The van der Waals surface area contributed by atoms with Gasteiger partial charge in [-0.15, -0.1) is 0 Å². The molecule has 0 saturated carbocycles. The summed E-state index contributed by atoms with van der Waals surface area (Å²) in [5.74, 6) is 0.684. The smallest absolute Gasteiger partial charge is 0.246 e. The van der Waals surface area contributed by atoms with E-state index in [-0.39, 0.29) is 10.8 Å². The number of carbonyl (C=O) groups excluding carboxylic acids is 1. The molecule has 32 heavy (non-hydrogen) atoms. The van der Waals surface area contributed by atoms with Gasteiger partial charge in [-0.05, 0) is 42.8 Å². The molecule has 0 unspecified atom stereocenters. The molecule has 1 aromatic heterocycles. The summed E-state index contributed by atoms with van der Waals surface area (Å²) < 4.78 is 28.7. The average molecular weight is 455 g/mol. The number of carbonyl (C=O) groups is 1. The normalized spacial score (nSPS) is 12.2. The maximum Gasteiger partial charge on any atom is 0.246 e. The number of para-hydroxylation sites is 2. The number of nitrogens with zero attached hydrogens (tertiary/aromatic N) is 4. The van der Waals surface area contributed by atoms with Crippen molar-refractivity contribution in [3.05, 3.63) is 66.0 Å². The Bertz CT molecular complexity index is 1210. The summed E-state index contributed by atoms with van der Waals surface area (Å²) >= 11 is 0. The third-order valence-electron chi connectivity index (χ3n) is 5.45. The van der Waals surface area contributed by atoms with Gasteiger partial charge >= 0.3 is 0 Å².